The van der Waals surface area contributed by atoms with Crippen LogP contribution in [0.5, 0.6) is 0 Å². The highest BCUT2D eigenvalue weighted by atomic mass is 16.5. The highest BCUT2D eigenvalue weighted by Gasteiger charge is 2.38. The lowest BCUT2D eigenvalue weighted by Crippen LogP contribution is -2.50. The summed E-state index contributed by atoms with van der Waals surface area (Å²) >= 11 is 0. The standard InChI is InChI=1S/C24H33N3O3/c1-17-15-25-26-23(17)21-9-6-14-27(24(28)29-2)22(21)16-30-20-12-10-19(11-13-20)18-7-4-3-5-8-18/h3-5,7-8,15,19-22H,6,9-14,16H2,1-2H3,(H,25,26)/t19?,20?,21-,22?/m0/s1. The predicted octanol–water partition coefficient (Wildman–Crippen LogP) is 4.78. The second kappa shape index (κ2) is 9.65. The average Bonchev–Trinajstić information content (AvgIpc) is 3.23. The first-order valence-corrected chi connectivity index (χ1v) is 11.2. The van der Waals surface area contributed by atoms with E-state index >= 15 is 0 Å². The minimum absolute atomic E-state index is 0.0304. The topological polar surface area (TPSA) is 67.5 Å². The van der Waals surface area contributed by atoms with Gasteiger partial charge in [0.05, 0.1) is 32.1 Å². The maximum atomic E-state index is 12.5. The molecule has 1 saturated heterocycles. The van der Waals surface area contributed by atoms with Gasteiger partial charge in [-0.15, -0.1) is 0 Å². The number of amides is 1. The Morgan fingerprint density at radius 2 is 1.93 bits per heavy atom. The molecule has 1 N–H and O–H groups in total. The lowest BCUT2D eigenvalue weighted by atomic mass is 9.82. The number of methoxy groups -OCH3 is 1. The first-order chi connectivity index (χ1) is 14.7. The molecule has 2 heterocycles. The smallest absolute Gasteiger partial charge is 0.409 e. The SMILES string of the molecule is COC(=O)N1CCC[C@H](c2[nH]ncc2C)C1COC1CCC(c2ccccc2)CC1. The Morgan fingerprint density at radius 1 is 1.17 bits per heavy atom. The van der Waals surface area contributed by atoms with Gasteiger partial charge in [0.15, 0.2) is 0 Å². The molecule has 0 radical (unpaired) electrons. The summed E-state index contributed by atoms with van der Waals surface area (Å²) in [5, 5.41) is 7.37. The second-order valence-corrected chi connectivity index (χ2v) is 8.66. The molecule has 0 bridgehead atoms. The number of carbonyl (C=O) groups is 1. The Labute approximate surface area is 178 Å². The summed E-state index contributed by atoms with van der Waals surface area (Å²) in [5.41, 5.74) is 3.69. The highest BCUT2D eigenvalue weighted by Crippen LogP contribution is 2.36. The van der Waals surface area contributed by atoms with Crippen molar-refractivity contribution >= 4 is 6.09 Å². The van der Waals surface area contributed by atoms with Crippen molar-refractivity contribution in [3.05, 3.63) is 53.3 Å². The number of rotatable bonds is 5. The van der Waals surface area contributed by atoms with Crippen LogP contribution in [0.25, 0.3) is 0 Å². The Balaban J connectivity index is 1.40. The molecule has 1 unspecified atom stereocenters. The number of aromatic nitrogens is 2. The van der Waals surface area contributed by atoms with Crippen LogP contribution in [-0.2, 0) is 9.47 Å². The van der Waals surface area contributed by atoms with Crippen molar-refractivity contribution in [1.29, 1.82) is 0 Å². The summed E-state index contributed by atoms with van der Waals surface area (Å²) in [6.45, 7) is 3.32. The van der Waals surface area contributed by atoms with E-state index in [2.05, 4.69) is 47.5 Å². The van der Waals surface area contributed by atoms with E-state index in [0.717, 1.165) is 49.8 Å². The van der Waals surface area contributed by atoms with E-state index in [1.807, 2.05) is 11.1 Å². The van der Waals surface area contributed by atoms with E-state index in [9.17, 15) is 4.79 Å². The lowest BCUT2D eigenvalue weighted by Gasteiger charge is -2.41. The van der Waals surface area contributed by atoms with Gasteiger partial charge in [0.1, 0.15) is 0 Å². The molecular weight excluding hydrogens is 378 g/mol. The Hall–Kier alpha value is -2.34. The van der Waals surface area contributed by atoms with Gasteiger partial charge in [0, 0.05) is 18.2 Å². The number of nitrogens with one attached hydrogen (secondary N) is 1. The van der Waals surface area contributed by atoms with Gasteiger partial charge < -0.3 is 14.4 Å². The number of carbonyl (C=O) groups excluding carboxylic acids is 1. The summed E-state index contributed by atoms with van der Waals surface area (Å²) in [4.78, 5) is 14.3. The molecule has 162 valence electrons. The van der Waals surface area contributed by atoms with Gasteiger partial charge in [-0.25, -0.2) is 4.79 Å². The molecule has 2 aliphatic rings. The van der Waals surface area contributed by atoms with Crippen molar-refractivity contribution in [2.24, 2.45) is 0 Å². The molecule has 2 aromatic rings. The maximum Gasteiger partial charge on any atom is 0.409 e. The molecule has 1 aliphatic heterocycles. The zero-order chi connectivity index (χ0) is 20.9. The number of ether oxygens (including phenoxy) is 2. The molecule has 0 spiro atoms. The maximum absolute atomic E-state index is 12.5. The fourth-order valence-corrected chi connectivity index (χ4v) is 5.20. The molecule has 1 aliphatic carbocycles. The first kappa shape index (κ1) is 20.9. The van der Waals surface area contributed by atoms with E-state index in [1.165, 1.54) is 12.7 Å². The number of likely N-dealkylation sites (tertiary alicyclic amines) is 1. The van der Waals surface area contributed by atoms with Gasteiger partial charge in [0.2, 0.25) is 0 Å². The largest absolute Gasteiger partial charge is 0.453 e. The van der Waals surface area contributed by atoms with Crippen molar-refractivity contribution in [2.75, 3.05) is 20.3 Å². The summed E-state index contributed by atoms with van der Waals surface area (Å²) in [6, 6.07) is 10.8. The minimum atomic E-state index is -0.266. The molecule has 30 heavy (non-hydrogen) atoms. The van der Waals surface area contributed by atoms with Crippen LogP contribution in [0.3, 0.4) is 0 Å². The van der Waals surface area contributed by atoms with Gasteiger partial charge >= 0.3 is 6.09 Å². The number of nitrogens with zero attached hydrogens (tertiary/aromatic N) is 2. The van der Waals surface area contributed by atoms with Crippen LogP contribution >= 0.6 is 0 Å². The fraction of sp³-hybridized carbons (Fsp3) is 0.583. The van der Waals surface area contributed by atoms with E-state index in [4.69, 9.17) is 9.47 Å². The Morgan fingerprint density at radius 3 is 2.60 bits per heavy atom. The number of benzene rings is 1. The summed E-state index contributed by atoms with van der Waals surface area (Å²) in [5.74, 6) is 0.827. The summed E-state index contributed by atoms with van der Waals surface area (Å²) in [6.07, 6.45) is 8.27. The van der Waals surface area contributed by atoms with Gasteiger partial charge in [-0.1, -0.05) is 30.3 Å². The first-order valence-electron chi connectivity index (χ1n) is 11.2. The molecule has 6 heteroatoms. The number of aromatic amines is 1. The number of piperidine rings is 1. The molecular formula is C24H33N3O3. The molecule has 1 aromatic carbocycles. The van der Waals surface area contributed by atoms with Crippen molar-refractivity contribution in [3.8, 4) is 0 Å². The van der Waals surface area contributed by atoms with Crippen LogP contribution < -0.4 is 0 Å². The third kappa shape index (κ3) is 4.53. The van der Waals surface area contributed by atoms with Gasteiger partial charge in [-0.2, -0.15) is 5.10 Å². The zero-order valence-electron chi connectivity index (χ0n) is 18.0. The number of H-pyrrole nitrogens is 1. The highest BCUT2D eigenvalue weighted by molar-refractivity contribution is 5.68. The molecule has 6 nitrogen and oxygen atoms in total. The summed E-state index contributed by atoms with van der Waals surface area (Å²) in [7, 11) is 1.45. The van der Waals surface area contributed by atoms with Crippen LogP contribution in [0, 0.1) is 6.92 Å². The van der Waals surface area contributed by atoms with Crippen LogP contribution in [0.15, 0.2) is 36.5 Å². The van der Waals surface area contributed by atoms with Crippen LogP contribution in [-0.4, -0.2) is 53.6 Å². The van der Waals surface area contributed by atoms with Crippen molar-refractivity contribution < 1.29 is 14.3 Å². The van der Waals surface area contributed by atoms with Gasteiger partial charge in [-0.3, -0.25) is 5.10 Å². The normalized spacial score (nSPS) is 27.1. The van der Waals surface area contributed by atoms with Crippen LogP contribution in [0.4, 0.5) is 4.79 Å². The number of aryl methyl sites for hydroxylation is 1. The van der Waals surface area contributed by atoms with E-state index in [0.29, 0.717) is 19.1 Å². The van der Waals surface area contributed by atoms with Crippen molar-refractivity contribution in [3.63, 3.8) is 0 Å². The quantitative estimate of drug-likeness (QED) is 0.769. The Kier molecular flexibility index (Phi) is 6.72. The average molecular weight is 412 g/mol. The predicted molar refractivity (Wildman–Crippen MR) is 116 cm³/mol. The minimum Gasteiger partial charge on any atom is -0.453 e. The van der Waals surface area contributed by atoms with E-state index < -0.39 is 0 Å². The molecule has 1 amide bonds. The fourth-order valence-electron chi connectivity index (χ4n) is 5.20. The van der Waals surface area contributed by atoms with E-state index in [1.54, 1.807) is 0 Å². The Bertz CT molecular complexity index is 814. The molecule has 4 rings (SSSR count). The molecule has 2 atom stereocenters. The van der Waals surface area contributed by atoms with E-state index in [-0.39, 0.29) is 24.2 Å². The van der Waals surface area contributed by atoms with Crippen molar-refractivity contribution in [2.45, 2.75) is 69.4 Å². The molecule has 2 fully saturated rings. The molecule has 1 saturated carbocycles. The zero-order valence-corrected chi connectivity index (χ0v) is 18.0. The third-order valence-corrected chi connectivity index (χ3v) is 6.87. The summed E-state index contributed by atoms with van der Waals surface area (Å²) < 4.78 is 11.5. The van der Waals surface area contributed by atoms with Gasteiger partial charge in [-0.05, 0) is 62.5 Å². The van der Waals surface area contributed by atoms with Crippen LogP contribution in [0.2, 0.25) is 0 Å². The van der Waals surface area contributed by atoms with Gasteiger partial charge in [0.25, 0.3) is 0 Å². The number of hydrogen-bond donors (Lipinski definition) is 1. The van der Waals surface area contributed by atoms with Crippen molar-refractivity contribution in [1.82, 2.24) is 15.1 Å². The number of hydrogen-bond acceptors (Lipinski definition) is 4. The molecule has 1 aromatic heterocycles. The van der Waals surface area contributed by atoms with Crippen LogP contribution in [0.1, 0.15) is 67.2 Å². The second-order valence-electron chi connectivity index (χ2n) is 8.66. The third-order valence-electron chi connectivity index (χ3n) is 6.87. The monoisotopic (exact) mass is 411 g/mol. The lowest BCUT2D eigenvalue weighted by molar-refractivity contribution is -0.0242.